The molecule has 0 radical (unpaired) electrons. The summed E-state index contributed by atoms with van der Waals surface area (Å²) in [4.78, 5) is 29.1. The van der Waals surface area contributed by atoms with Crippen LogP contribution in [0.4, 0.5) is 5.69 Å². The molecule has 1 aromatic carbocycles. The maximum absolute atomic E-state index is 13.6. The molecule has 1 unspecified atom stereocenters. The molecule has 1 saturated heterocycles. The first-order valence-electron chi connectivity index (χ1n) is 15.5. The first kappa shape index (κ1) is 30.0. The van der Waals surface area contributed by atoms with Crippen molar-refractivity contribution >= 4 is 21.3 Å². The van der Waals surface area contributed by atoms with Crippen LogP contribution in [0.5, 0.6) is 0 Å². The minimum Gasteiger partial charge on any atom is -0.387 e. The molecule has 1 aromatic heterocycles. The minimum atomic E-state index is -2.49. The van der Waals surface area contributed by atoms with Gasteiger partial charge in [0.2, 0.25) is 5.91 Å². The van der Waals surface area contributed by atoms with Crippen molar-refractivity contribution in [3.8, 4) is 11.1 Å². The summed E-state index contributed by atoms with van der Waals surface area (Å²) < 4.78 is 18.6. The van der Waals surface area contributed by atoms with Gasteiger partial charge in [-0.3, -0.25) is 9.59 Å². The van der Waals surface area contributed by atoms with E-state index in [1.807, 2.05) is 35.2 Å². The van der Waals surface area contributed by atoms with E-state index in [4.69, 9.17) is 0 Å². The first-order chi connectivity index (χ1) is 19.5. The lowest BCUT2D eigenvalue weighted by Crippen LogP contribution is -2.62. The number of nitrogens with zero attached hydrogens (tertiary/aromatic N) is 3. The fourth-order valence-electron chi connectivity index (χ4n) is 7.74. The van der Waals surface area contributed by atoms with E-state index >= 15 is 0 Å². The lowest BCUT2D eigenvalue weighted by atomic mass is 9.65. The van der Waals surface area contributed by atoms with Crippen LogP contribution >= 0.6 is 0 Å². The Kier molecular flexibility index (Phi) is 8.82. The number of carbonyl (C=O) groups is 1. The summed E-state index contributed by atoms with van der Waals surface area (Å²) in [5.41, 5.74) is 0.193. The number of aliphatic hydroxyl groups is 1. The Bertz CT molecular complexity index is 1410. The molecule has 8 heteroatoms. The van der Waals surface area contributed by atoms with Gasteiger partial charge in [-0.05, 0) is 37.2 Å². The number of piperidine rings is 1. The molecule has 1 aliphatic heterocycles. The maximum Gasteiger partial charge on any atom is 0.252 e. The number of rotatable bonds is 7. The third kappa shape index (κ3) is 6.64. The molecule has 7 nitrogen and oxygen atoms in total. The van der Waals surface area contributed by atoms with E-state index in [1.165, 1.54) is 38.2 Å². The Hall–Kier alpha value is -2.45. The highest BCUT2D eigenvalue weighted by atomic mass is 32.2. The van der Waals surface area contributed by atoms with Gasteiger partial charge in [-0.15, -0.1) is 0 Å². The van der Waals surface area contributed by atoms with Crippen LogP contribution in [0.25, 0.3) is 11.1 Å². The number of amides is 1. The van der Waals surface area contributed by atoms with E-state index in [0.29, 0.717) is 31.1 Å². The van der Waals surface area contributed by atoms with Crippen molar-refractivity contribution < 1.29 is 14.1 Å². The van der Waals surface area contributed by atoms with Crippen LogP contribution in [0.3, 0.4) is 0 Å². The normalized spacial score (nSPS) is 24.0. The van der Waals surface area contributed by atoms with Crippen molar-refractivity contribution in [1.82, 2.24) is 9.47 Å². The largest absolute Gasteiger partial charge is 0.387 e. The van der Waals surface area contributed by atoms with Gasteiger partial charge in [0.25, 0.3) is 5.56 Å². The summed E-state index contributed by atoms with van der Waals surface area (Å²) >= 11 is 0. The van der Waals surface area contributed by atoms with Crippen molar-refractivity contribution in [1.29, 1.82) is 0 Å². The third-order valence-electron chi connectivity index (χ3n) is 9.92. The fourth-order valence-corrected chi connectivity index (χ4v) is 8.37. The van der Waals surface area contributed by atoms with Crippen LogP contribution in [0, 0.1) is 17.3 Å². The van der Waals surface area contributed by atoms with Gasteiger partial charge in [-0.2, -0.15) is 4.36 Å². The predicted octanol–water partition coefficient (Wildman–Crippen LogP) is 6.00. The second-order valence-corrected chi connectivity index (χ2v) is 15.9. The predicted molar refractivity (Wildman–Crippen MR) is 166 cm³/mol. The van der Waals surface area contributed by atoms with Crippen LogP contribution in [0.15, 0.2) is 51.8 Å². The maximum atomic E-state index is 13.6. The SMILES string of the molecule is C[C@H](CC1CCCCC1)C(=O)N1CCC(O)(Cn2cc(-c3ccccc3)c(N=S(C)(C)=O)cc2=O)C2(CCCC2)C1. The van der Waals surface area contributed by atoms with E-state index in [0.717, 1.165) is 43.2 Å². The molecular weight excluding hydrogens is 534 g/mol. The monoisotopic (exact) mass is 581 g/mol. The van der Waals surface area contributed by atoms with E-state index < -0.39 is 20.7 Å². The Labute approximate surface area is 245 Å². The van der Waals surface area contributed by atoms with Crippen molar-refractivity contribution in [2.45, 2.75) is 89.7 Å². The van der Waals surface area contributed by atoms with Gasteiger partial charge in [-0.1, -0.05) is 82.2 Å². The molecule has 2 heterocycles. The molecule has 2 saturated carbocycles. The van der Waals surface area contributed by atoms with E-state index in [9.17, 15) is 18.9 Å². The highest BCUT2D eigenvalue weighted by Crippen LogP contribution is 2.52. The zero-order chi connectivity index (χ0) is 29.3. The van der Waals surface area contributed by atoms with Gasteiger partial charge in [0, 0.05) is 64.5 Å². The summed E-state index contributed by atoms with van der Waals surface area (Å²) in [6, 6.07) is 11.1. The quantitative estimate of drug-likeness (QED) is 0.434. The molecule has 2 aromatic rings. The summed E-state index contributed by atoms with van der Waals surface area (Å²) in [5.74, 6) is 0.877. The average Bonchev–Trinajstić information content (AvgIpc) is 3.41. The van der Waals surface area contributed by atoms with Gasteiger partial charge in [-0.25, -0.2) is 4.21 Å². The van der Waals surface area contributed by atoms with Crippen LogP contribution in [0.1, 0.15) is 77.6 Å². The van der Waals surface area contributed by atoms with Gasteiger partial charge in [0.05, 0.1) is 17.8 Å². The second kappa shape index (κ2) is 12.0. The lowest BCUT2D eigenvalue weighted by molar-refractivity contribution is -0.163. The molecule has 1 N–H and O–H groups in total. The molecule has 0 bridgehead atoms. The number of hydrogen-bond donors (Lipinski definition) is 1. The molecule has 3 aliphatic rings. The number of aromatic nitrogens is 1. The number of carbonyl (C=O) groups excluding carboxylic acids is 1. The van der Waals surface area contributed by atoms with Crippen LogP contribution in [-0.4, -0.2) is 55.9 Å². The highest BCUT2D eigenvalue weighted by molar-refractivity contribution is 7.92. The average molecular weight is 582 g/mol. The number of benzene rings is 1. The van der Waals surface area contributed by atoms with E-state index in [-0.39, 0.29) is 23.9 Å². The molecular formula is C33H47N3O4S. The molecule has 224 valence electrons. The van der Waals surface area contributed by atoms with Crippen LogP contribution < -0.4 is 5.56 Å². The Morgan fingerprint density at radius 3 is 2.41 bits per heavy atom. The summed E-state index contributed by atoms with van der Waals surface area (Å²) in [6.45, 7) is 3.31. The lowest BCUT2D eigenvalue weighted by Gasteiger charge is -2.53. The van der Waals surface area contributed by atoms with E-state index in [2.05, 4.69) is 11.3 Å². The fraction of sp³-hybridized carbons (Fsp3) is 0.636. The van der Waals surface area contributed by atoms with Gasteiger partial charge in [0.15, 0.2) is 0 Å². The van der Waals surface area contributed by atoms with Crippen LogP contribution in [0.2, 0.25) is 0 Å². The number of hydrogen-bond acceptors (Lipinski definition) is 5. The van der Waals surface area contributed by atoms with Crippen molar-refractivity contribution in [2.24, 2.45) is 21.6 Å². The number of pyridine rings is 1. The molecule has 3 fully saturated rings. The second-order valence-electron chi connectivity index (χ2n) is 13.3. The molecule has 2 atom stereocenters. The zero-order valence-electron chi connectivity index (χ0n) is 25.0. The Morgan fingerprint density at radius 2 is 1.76 bits per heavy atom. The van der Waals surface area contributed by atoms with E-state index in [1.54, 1.807) is 23.3 Å². The summed E-state index contributed by atoms with van der Waals surface area (Å²) in [7, 11) is -2.49. The van der Waals surface area contributed by atoms with Crippen molar-refractivity contribution in [3.05, 3.63) is 52.9 Å². The summed E-state index contributed by atoms with van der Waals surface area (Å²) in [5, 5.41) is 12.3. The van der Waals surface area contributed by atoms with Gasteiger partial charge >= 0.3 is 0 Å². The molecule has 1 spiro atoms. The van der Waals surface area contributed by atoms with Crippen molar-refractivity contribution in [3.63, 3.8) is 0 Å². The standard InChI is InChI=1S/C33H47N3O4S/c1-25(20-26-12-6-4-7-13-26)31(38)35-19-18-33(39,32(23-35)16-10-11-17-32)24-36-22-28(27-14-8-5-9-15-27)29(21-30(36)37)34-41(2,3)40/h5,8-9,14-15,21-22,25-26,39H,4,6-7,10-13,16-20,23-24H2,1-3H3/t25-,33?/m1/s1. The topological polar surface area (TPSA) is 92.0 Å². The minimum absolute atomic E-state index is 0.00230. The van der Waals surface area contributed by atoms with Crippen molar-refractivity contribution in [2.75, 3.05) is 25.6 Å². The smallest absolute Gasteiger partial charge is 0.252 e. The zero-order valence-corrected chi connectivity index (χ0v) is 25.8. The highest BCUT2D eigenvalue weighted by Gasteiger charge is 2.55. The van der Waals surface area contributed by atoms with Gasteiger partial charge < -0.3 is 14.6 Å². The molecule has 2 aliphatic carbocycles. The number of likely N-dealkylation sites (tertiary alicyclic amines) is 1. The van der Waals surface area contributed by atoms with Gasteiger partial charge in [0.1, 0.15) is 0 Å². The molecule has 41 heavy (non-hydrogen) atoms. The third-order valence-corrected chi connectivity index (χ3v) is 10.6. The Morgan fingerprint density at radius 1 is 1.07 bits per heavy atom. The molecule has 5 rings (SSSR count). The summed E-state index contributed by atoms with van der Waals surface area (Å²) in [6.07, 6.45) is 16.4. The molecule has 1 amide bonds. The van der Waals surface area contributed by atoms with Crippen LogP contribution in [-0.2, 0) is 21.1 Å². The Balaban J connectivity index is 1.42. The first-order valence-corrected chi connectivity index (χ1v) is 17.8.